The number of nitrogens with two attached hydrogens (primary N) is 1. The molecular weight excluding hydrogens is 309 g/mol. The topological polar surface area (TPSA) is 81.4 Å². The highest BCUT2D eigenvalue weighted by molar-refractivity contribution is 7.89. The molecular formula is C12H15F3N2O3S. The molecule has 1 aromatic carbocycles. The largest absolute Gasteiger partial charge is 0.573 e. The average Bonchev–Trinajstić information content (AvgIpc) is 2.36. The van der Waals surface area contributed by atoms with E-state index in [2.05, 4.69) is 10.1 Å². The molecule has 2 atom stereocenters. The summed E-state index contributed by atoms with van der Waals surface area (Å²) >= 11 is 0. The molecule has 0 spiro atoms. The van der Waals surface area contributed by atoms with Crippen molar-refractivity contribution in [2.24, 2.45) is 5.14 Å². The molecule has 0 bridgehead atoms. The lowest BCUT2D eigenvalue weighted by molar-refractivity contribution is -0.274. The quantitative estimate of drug-likeness (QED) is 0.886. The number of ether oxygens (including phenoxy) is 1. The van der Waals surface area contributed by atoms with Gasteiger partial charge in [-0.2, -0.15) is 0 Å². The van der Waals surface area contributed by atoms with Crippen LogP contribution in [0.15, 0.2) is 24.3 Å². The Hall–Kier alpha value is -1.32. The standard InChI is InChI=1S/C12H15F3N2O3S/c13-12(14,15)20-9-3-1-2-8(6-9)11-5-4-10(7-17-11)21(16,18)19/h1-3,6,10-11,17H,4-5,7H2,(H2,16,18,19). The number of primary sulfonamides is 1. The maximum atomic E-state index is 12.2. The fourth-order valence-corrected chi connectivity index (χ4v) is 3.12. The van der Waals surface area contributed by atoms with E-state index in [1.165, 1.54) is 18.2 Å². The third-order valence-corrected chi connectivity index (χ3v) is 4.66. The van der Waals surface area contributed by atoms with Crippen molar-refractivity contribution in [2.45, 2.75) is 30.5 Å². The fraction of sp³-hybridized carbons (Fsp3) is 0.500. The van der Waals surface area contributed by atoms with Crippen molar-refractivity contribution in [1.29, 1.82) is 0 Å². The minimum atomic E-state index is -4.74. The van der Waals surface area contributed by atoms with Crippen molar-refractivity contribution in [3.63, 3.8) is 0 Å². The summed E-state index contributed by atoms with van der Waals surface area (Å²) < 4.78 is 62.9. The van der Waals surface area contributed by atoms with Crippen LogP contribution in [0.25, 0.3) is 0 Å². The van der Waals surface area contributed by atoms with E-state index in [4.69, 9.17) is 5.14 Å². The summed E-state index contributed by atoms with van der Waals surface area (Å²) in [5, 5.41) is 7.40. The van der Waals surface area contributed by atoms with Crippen LogP contribution in [-0.4, -0.2) is 26.6 Å². The lowest BCUT2D eigenvalue weighted by Crippen LogP contribution is -2.43. The summed E-state index contributed by atoms with van der Waals surface area (Å²) in [4.78, 5) is 0. The molecule has 3 N–H and O–H groups in total. The Morgan fingerprint density at radius 1 is 1.29 bits per heavy atom. The predicted molar refractivity (Wildman–Crippen MR) is 70.0 cm³/mol. The lowest BCUT2D eigenvalue weighted by atomic mass is 9.97. The van der Waals surface area contributed by atoms with E-state index in [0.717, 1.165) is 0 Å². The lowest BCUT2D eigenvalue weighted by Gasteiger charge is -2.29. The smallest absolute Gasteiger partial charge is 0.406 e. The number of sulfonamides is 1. The number of benzene rings is 1. The molecule has 1 heterocycles. The maximum Gasteiger partial charge on any atom is 0.573 e. The third-order valence-electron chi connectivity index (χ3n) is 3.33. The van der Waals surface area contributed by atoms with Gasteiger partial charge in [-0.25, -0.2) is 13.6 Å². The molecule has 21 heavy (non-hydrogen) atoms. The van der Waals surface area contributed by atoms with E-state index in [-0.39, 0.29) is 18.3 Å². The van der Waals surface area contributed by atoms with Crippen LogP contribution in [-0.2, 0) is 10.0 Å². The zero-order valence-electron chi connectivity index (χ0n) is 10.9. The number of nitrogens with one attached hydrogen (secondary N) is 1. The van der Waals surface area contributed by atoms with E-state index in [9.17, 15) is 21.6 Å². The third kappa shape index (κ3) is 4.58. The molecule has 0 saturated carbocycles. The van der Waals surface area contributed by atoms with Crippen LogP contribution in [0.3, 0.4) is 0 Å². The van der Waals surface area contributed by atoms with Gasteiger partial charge in [0.25, 0.3) is 0 Å². The first-order valence-electron chi connectivity index (χ1n) is 6.26. The summed E-state index contributed by atoms with van der Waals surface area (Å²) in [6.45, 7) is 0.174. The SMILES string of the molecule is NS(=O)(=O)C1CCC(c2cccc(OC(F)(F)F)c2)NC1. The summed E-state index contributed by atoms with van der Waals surface area (Å²) in [6.07, 6.45) is -3.91. The number of alkyl halides is 3. The van der Waals surface area contributed by atoms with Gasteiger partial charge in [-0.15, -0.1) is 13.2 Å². The molecule has 1 fully saturated rings. The highest BCUT2D eigenvalue weighted by atomic mass is 32.2. The van der Waals surface area contributed by atoms with Crippen LogP contribution in [0.5, 0.6) is 5.75 Å². The molecule has 1 aromatic rings. The van der Waals surface area contributed by atoms with E-state index >= 15 is 0 Å². The average molecular weight is 324 g/mol. The molecule has 9 heteroatoms. The highest BCUT2D eigenvalue weighted by Crippen LogP contribution is 2.29. The van der Waals surface area contributed by atoms with Crippen molar-refractivity contribution in [3.05, 3.63) is 29.8 Å². The fourth-order valence-electron chi connectivity index (χ4n) is 2.32. The van der Waals surface area contributed by atoms with Crippen LogP contribution >= 0.6 is 0 Å². The number of piperidine rings is 1. The van der Waals surface area contributed by atoms with E-state index in [1.54, 1.807) is 6.07 Å². The van der Waals surface area contributed by atoms with Crippen LogP contribution in [0.4, 0.5) is 13.2 Å². The Morgan fingerprint density at radius 3 is 2.52 bits per heavy atom. The molecule has 0 amide bonds. The molecule has 1 saturated heterocycles. The Bertz CT molecular complexity index is 596. The summed E-state index contributed by atoms with van der Waals surface area (Å²) in [6, 6.07) is 5.41. The van der Waals surface area contributed by atoms with Gasteiger partial charge in [0.05, 0.1) is 5.25 Å². The van der Waals surface area contributed by atoms with Crippen molar-refractivity contribution in [2.75, 3.05) is 6.54 Å². The van der Waals surface area contributed by atoms with Crippen LogP contribution in [0.1, 0.15) is 24.4 Å². The highest BCUT2D eigenvalue weighted by Gasteiger charge is 2.32. The van der Waals surface area contributed by atoms with E-state index in [0.29, 0.717) is 18.4 Å². The van der Waals surface area contributed by atoms with Gasteiger partial charge < -0.3 is 10.1 Å². The first-order chi connectivity index (χ1) is 9.65. The monoisotopic (exact) mass is 324 g/mol. The second kappa shape index (κ2) is 5.82. The molecule has 118 valence electrons. The first kappa shape index (κ1) is 16.1. The molecule has 1 aliphatic rings. The van der Waals surface area contributed by atoms with E-state index in [1.807, 2.05) is 0 Å². The van der Waals surface area contributed by atoms with Gasteiger partial charge in [-0.3, -0.25) is 0 Å². The summed E-state index contributed by atoms with van der Waals surface area (Å²) in [5.41, 5.74) is 0.615. The molecule has 5 nitrogen and oxygen atoms in total. The Morgan fingerprint density at radius 2 is 2.00 bits per heavy atom. The van der Waals surface area contributed by atoms with Gasteiger partial charge in [-0.1, -0.05) is 12.1 Å². The van der Waals surface area contributed by atoms with Crippen molar-refractivity contribution in [3.8, 4) is 5.75 Å². The van der Waals surface area contributed by atoms with Gasteiger partial charge in [0.1, 0.15) is 5.75 Å². The minimum absolute atomic E-state index is 0.174. The minimum Gasteiger partial charge on any atom is -0.406 e. The Labute approximate surface area is 120 Å². The Balaban J connectivity index is 2.05. The van der Waals surface area contributed by atoms with E-state index < -0.39 is 21.6 Å². The zero-order chi connectivity index (χ0) is 15.7. The normalized spacial score (nSPS) is 23.8. The molecule has 2 unspecified atom stereocenters. The molecule has 1 aliphatic heterocycles. The van der Waals surface area contributed by atoms with Crippen molar-refractivity contribution >= 4 is 10.0 Å². The van der Waals surface area contributed by atoms with Crippen LogP contribution < -0.4 is 15.2 Å². The predicted octanol–water partition coefficient (Wildman–Crippen LogP) is 1.67. The zero-order valence-corrected chi connectivity index (χ0v) is 11.7. The summed E-state index contributed by atoms with van der Waals surface area (Å²) in [7, 11) is -3.60. The van der Waals surface area contributed by atoms with Crippen molar-refractivity contribution in [1.82, 2.24) is 5.32 Å². The second-order valence-corrected chi connectivity index (χ2v) is 6.71. The van der Waals surface area contributed by atoms with Gasteiger partial charge in [0.15, 0.2) is 0 Å². The molecule has 2 rings (SSSR count). The van der Waals surface area contributed by atoms with Gasteiger partial charge in [-0.05, 0) is 30.5 Å². The van der Waals surface area contributed by atoms with Gasteiger partial charge in [0, 0.05) is 12.6 Å². The summed E-state index contributed by atoms with van der Waals surface area (Å²) in [5.74, 6) is -0.296. The number of hydrogen-bond donors (Lipinski definition) is 2. The number of rotatable bonds is 3. The molecule has 0 aliphatic carbocycles. The van der Waals surface area contributed by atoms with Crippen molar-refractivity contribution < 1.29 is 26.3 Å². The van der Waals surface area contributed by atoms with Gasteiger partial charge in [0.2, 0.25) is 10.0 Å². The maximum absolute atomic E-state index is 12.2. The second-order valence-electron chi connectivity index (χ2n) is 4.87. The van der Waals surface area contributed by atoms with Crippen LogP contribution in [0.2, 0.25) is 0 Å². The number of halogens is 3. The van der Waals surface area contributed by atoms with Gasteiger partial charge >= 0.3 is 6.36 Å². The molecule has 0 radical (unpaired) electrons. The first-order valence-corrected chi connectivity index (χ1v) is 7.87. The molecule has 0 aromatic heterocycles. The van der Waals surface area contributed by atoms with Crippen LogP contribution in [0, 0.1) is 0 Å². The Kier molecular flexibility index (Phi) is 4.45. The number of hydrogen-bond acceptors (Lipinski definition) is 4.